The Morgan fingerprint density at radius 1 is 1.27 bits per heavy atom. The molecule has 0 unspecified atom stereocenters. The normalized spacial score (nSPS) is 18.6. The molecule has 0 aliphatic carbocycles. The third kappa shape index (κ3) is 6.96. The van der Waals surface area contributed by atoms with Crippen molar-refractivity contribution >= 4 is 16.1 Å². The number of carbonyl (C=O) groups is 1. The standard InChI is InChI=1S/C19H30N2O4S/c1-15-7-9-16(10-8-15)14-26(23,24)20-12-17-6-5-11-21(13-17)18(22)25-19(2,3)4/h7-10,17,20H,5-6,11-14H2,1-4H3/t17-/m1/s1. The third-order valence-corrected chi connectivity index (χ3v) is 5.56. The molecule has 1 heterocycles. The number of likely N-dealkylation sites (tertiary alicyclic amines) is 1. The summed E-state index contributed by atoms with van der Waals surface area (Å²) in [5.74, 6) is 0.0690. The van der Waals surface area contributed by atoms with Crippen molar-refractivity contribution in [2.75, 3.05) is 19.6 Å². The van der Waals surface area contributed by atoms with Crippen molar-refractivity contribution in [2.45, 2.75) is 51.9 Å². The van der Waals surface area contributed by atoms with Crippen molar-refractivity contribution in [1.82, 2.24) is 9.62 Å². The average molecular weight is 383 g/mol. The second kappa shape index (κ2) is 8.39. The van der Waals surface area contributed by atoms with E-state index in [4.69, 9.17) is 4.74 Å². The van der Waals surface area contributed by atoms with Crippen molar-refractivity contribution in [1.29, 1.82) is 0 Å². The number of benzene rings is 1. The number of piperidine rings is 1. The maximum absolute atomic E-state index is 12.3. The second-order valence-electron chi connectivity index (χ2n) is 8.03. The molecule has 0 aromatic heterocycles. The number of sulfonamides is 1. The zero-order valence-electron chi connectivity index (χ0n) is 16.1. The smallest absolute Gasteiger partial charge is 0.410 e. The molecule has 146 valence electrons. The van der Waals surface area contributed by atoms with Gasteiger partial charge in [0, 0.05) is 19.6 Å². The van der Waals surface area contributed by atoms with Gasteiger partial charge in [-0.3, -0.25) is 0 Å². The van der Waals surface area contributed by atoms with Crippen LogP contribution in [-0.4, -0.2) is 44.6 Å². The van der Waals surface area contributed by atoms with Gasteiger partial charge in [0.25, 0.3) is 0 Å². The first-order chi connectivity index (χ1) is 12.0. The Kier molecular flexibility index (Phi) is 6.69. The Balaban J connectivity index is 1.86. The number of amides is 1. The highest BCUT2D eigenvalue weighted by molar-refractivity contribution is 7.88. The quantitative estimate of drug-likeness (QED) is 0.849. The molecule has 1 N–H and O–H groups in total. The molecular formula is C19H30N2O4S. The highest BCUT2D eigenvalue weighted by Crippen LogP contribution is 2.19. The maximum Gasteiger partial charge on any atom is 0.410 e. The highest BCUT2D eigenvalue weighted by atomic mass is 32.2. The minimum Gasteiger partial charge on any atom is -0.444 e. The van der Waals surface area contributed by atoms with Gasteiger partial charge in [-0.1, -0.05) is 29.8 Å². The fourth-order valence-corrected chi connectivity index (χ4v) is 4.15. The number of aryl methyl sites for hydroxylation is 1. The van der Waals surface area contributed by atoms with Crippen LogP contribution < -0.4 is 4.72 Å². The van der Waals surface area contributed by atoms with Crippen LogP contribution in [0.4, 0.5) is 4.79 Å². The van der Waals surface area contributed by atoms with Crippen molar-refractivity contribution in [3.8, 4) is 0 Å². The van der Waals surface area contributed by atoms with Crippen molar-refractivity contribution in [2.24, 2.45) is 5.92 Å². The van der Waals surface area contributed by atoms with Gasteiger partial charge in [-0.15, -0.1) is 0 Å². The lowest BCUT2D eigenvalue weighted by Gasteiger charge is -2.34. The molecule has 1 aromatic carbocycles. The van der Waals surface area contributed by atoms with Gasteiger partial charge in [0.15, 0.2) is 0 Å². The first kappa shape index (κ1) is 20.7. The van der Waals surface area contributed by atoms with Gasteiger partial charge in [0.2, 0.25) is 10.0 Å². The van der Waals surface area contributed by atoms with Crippen LogP contribution in [0.15, 0.2) is 24.3 Å². The predicted molar refractivity (Wildman–Crippen MR) is 102 cm³/mol. The Hall–Kier alpha value is -1.60. The van der Waals surface area contributed by atoms with Crippen LogP contribution in [0, 0.1) is 12.8 Å². The molecule has 0 bridgehead atoms. The van der Waals surface area contributed by atoms with Crippen LogP contribution in [0.5, 0.6) is 0 Å². The van der Waals surface area contributed by atoms with Gasteiger partial charge in [-0.2, -0.15) is 0 Å². The molecule has 1 saturated heterocycles. The second-order valence-corrected chi connectivity index (χ2v) is 9.83. The minimum atomic E-state index is -3.40. The lowest BCUT2D eigenvalue weighted by Crippen LogP contribution is -2.45. The fourth-order valence-electron chi connectivity index (χ4n) is 2.92. The van der Waals surface area contributed by atoms with Crippen LogP contribution in [-0.2, 0) is 20.5 Å². The average Bonchev–Trinajstić information content (AvgIpc) is 2.54. The summed E-state index contributed by atoms with van der Waals surface area (Å²) in [6.07, 6.45) is 1.42. The molecule has 1 aliphatic heterocycles. The van der Waals surface area contributed by atoms with Crippen molar-refractivity contribution in [3.05, 3.63) is 35.4 Å². The lowest BCUT2D eigenvalue weighted by molar-refractivity contribution is 0.0169. The fraction of sp³-hybridized carbons (Fsp3) is 0.632. The summed E-state index contributed by atoms with van der Waals surface area (Å²) in [6.45, 7) is 9.00. The number of ether oxygens (including phenoxy) is 1. The molecule has 26 heavy (non-hydrogen) atoms. The number of carbonyl (C=O) groups excluding carboxylic acids is 1. The summed E-state index contributed by atoms with van der Waals surface area (Å²) in [4.78, 5) is 13.9. The summed E-state index contributed by atoms with van der Waals surface area (Å²) < 4.78 is 32.7. The van der Waals surface area contributed by atoms with E-state index >= 15 is 0 Å². The van der Waals surface area contributed by atoms with Gasteiger partial charge in [0.1, 0.15) is 5.60 Å². The van der Waals surface area contributed by atoms with Gasteiger partial charge in [0.05, 0.1) is 5.75 Å². The van der Waals surface area contributed by atoms with Crippen LogP contribution in [0.25, 0.3) is 0 Å². The molecule has 7 heteroatoms. The van der Waals surface area contributed by atoms with Gasteiger partial charge >= 0.3 is 6.09 Å². The maximum atomic E-state index is 12.3. The molecule has 1 atom stereocenters. The topological polar surface area (TPSA) is 75.7 Å². The highest BCUT2D eigenvalue weighted by Gasteiger charge is 2.28. The van der Waals surface area contributed by atoms with E-state index in [1.54, 1.807) is 4.90 Å². The summed E-state index contributed by atoms with van der Waals surface area (Å²) in [5.41, 5.74) is 1.34. The Morgan fingerprint density at radius 3 is 2.54 bits per heavy atom. The Morgan fingerprint density at radius 2 is 1.92 bits per heavy atom. The summed E-state index contributed by atoms with van der Waals surface area (Å²) in [7, 11) is -3.40. The van der Waals surface area contributed by atoms with E-state index in [2.05, 4.69) is 4.72 Å². The van der Waals surface area contributed by atoms with Gasteiger partial charge in [-0.05, 0) is 52.0 Å². The zero-order valence-corrected chi connectivity index (χ0v) is 16.9. The molecule has 2 rings (SSSR count). The molecule has 1 fully saturated rings. The van der Waals surface area contributed by atoms with Gasteiger partial charge in [-0.25, -0.2) is 17.9 Å². The van der Waals surface area contributed by atoms with Crippen LogP contribution in [0.2, 0.25) is 0 Å². The number of nitrogens with zero attached hydrogens (tertiary/aromatic N) is 1. The largest absolute Gasteiger partial charge is 0.444 e. The van der Waals surface area contributed by atoms with E-state index in [0.29, 0.717) is 19.6 Å². The zero-order chi connectivity index (χ0) is 19.4. The molecule has 0 spiro atoms. The number of hydrogen-bond acceptors (Lipinski definition) is 4. The molecule has 6 nitrogen and oxygen atoms in total. The first-order valence-electron chi connectivity index (χ1n) is 9.05. The van der Waals surface area contributed by atoms with E-state index < -0.39 is 15.6 Å². The molecule has 1 amide bonds. The Labute approximate surface area is 157 Å². The van der Waals surface area contributed by atoms with Crippen molar-refractivity contribution in [3.63, 3.8) is 0 Å². The van der Waals surface area contributed by atoms with E-state index in [-0.39, 0.29) is 17.8 Å². The van der Waals surface area contributed by atoms with Crippen LogP contribution >= 0.6 is 0 Å². The van der Waals surface area contributed by atoms with E-state index in [1.807, 2.05) is 52.0 Å². The third-order valence-electron chi connectivity index (χ3n) is 4.24. The molecule has 1 aromatic rings. The van der Waals surface area contributed by atoms with Crippen molar-refractivity contribution < 1.29 is 17.9 Å². The predicted octanol–water partition coefficient (Wildman–Crippen LogP) is 3.06. The summed E-state index contributed by atoms with van der Waals surface area (Å²) in [6, 6.07) is 7.48. The first-order valence-corrected chi connectivity index (χ1v) is 10.7. The van der Waals surface area contributed by atoms with Crippen LogP contribution in [0.1, 0.15) is 44.7 Å². The number of rotatable bonds is 5. The van der Waals surface area contributed by atoms with Gasteiger partial charge < -0.3 is 9.64 Å². The lowest BCUT2D eigenvalue weighted by atomic mass is 9.99. The molecule has 1 aliphatic rings. The molecule has 0 radical (unpaired) electrons. The molecular weight excluding hydrogens is 352 g/mol. The molecule has 0 saturated carbocycles. The summed E-state index contributed by atoms with van der Waals surface area (Å²) in [5, 5.41) is 0. The number of nitrogens with one attached hydrogen (secondary N) is 1. The Bertz CT molecular complexity index is 708. The summed E-state index contributed by atoms with van der Waals surface area (Å²) >= 11 is 0. The SMILES string of the molecule is Cc1ccc(CS(=O)(=O)NC[C@H]2CCCN(C(=O)OC(C)(C)C)C2)cc1. The minimum absolute atomic E-state index is 0.0320. The van der Waals surface area contributed by atoms with E-state index in [1.165, 1.54) is 0 Å². The monoisotopic (exact) mass is 382 g/mol. The number of hydrogen-bond donors (Lipinski definition) is 1. The van der Waals surface area contributed by atoms with E-state index in [0.717, 1.165) is 24.0 Å². The van der Waals surface area contributed by atoms with E-state index in [9.17, 15) is 13.2 Å². The van der Waals surface area contributed by atoms with Crippen LogP contribution in [0.3, 0.4) is 0 Å².